The maximum atomic E-state index is 3.40. The fraction of sp³-hybridized carbons (Fsp3) is 0.385. The third-order valence-corrected chi connectivity index (χ3v) is 2.05. The minimum absolute atomic E-state index is 0.546. The second-order valence-electron chi connectivity index (χ2n) is 3.78. The van der Waals surface area contributed by atoms with Crippen LogP contribution in [0.25, 0.3) is 6.08 Å². The van der Waals surface area contributed by atoms with Crippen LogP contribution in [0, 0.1) is 0 Å². The van der Waals surface area contributed by atoms with Gasteiger partial charge in [0.25, 0.3) is 0 Å². The van der Waals surface area contributed by atoms with Crippen LogP contribution in [-0.4, -0.2) is 6.04 Å². The van der Waals surface area contributed by atoms with E-state index in [1.807, 2.05) is 6.92 Å². The molecule has 1 heteroatoms. The molecule has 0 radical (unpaired) electrons. The molecular formula is C13H19N. The van der Waals surface area contributed by atoms with Gasteiger partial charge < -0.3 is 5.32 Å². The van der Waals surface area contributed by atoms with Gasteiger partial charge in [-0.15, -0.1) is 0 Å². The van der Waals surface area contributed by atoms with E-state index >= 15 is 0 Å². The number of hydrogen-bond acceptors (Lipinski definition) is 1. The van der Waals surface area contributed by atoms with Gasteiger partial charge in [0.1, 0.15) is 0 Å². The van der Waals surface area contributed by atoms with Crippen LogP contribution < -0.4 is 5.32 Å². The summed E-state index contributed by atoms with van der Waals surface area (Å²) in [6, 6.07) is 9.19. The molecule has 0 aliphatic carbocycles. The summed E-state index contributed by atoms with van der Waals surface area (Å²) in [4.78, 5) is 0. The highest BCUT2D eigenvalue weighted by Crippen LogP contribution is 2.06. The van der Waals surface area contributed by atoms with Crippen LogP contribution in [0.5, 0.6) is 0 Å². The van der Waals surface area contributed by atoms with Crippen LogP contribution in [0.4, 0.5) is 0 Å². The first-order chi connectivity index (χ1) is 6.72. The Labute approximate surface area is 86.8 Å². The van der Waals surface area contributed by atoms with E-state index in [0.717, 1.165) is 6.54 Å². The number of benzene rings is 1. The molecule has 0 fully saturated rings. The Bertz CT molecular complexity index is 283. The van der Waals surface area contributed by atoms with Crippen molar-refractivity contribution in [2.75, 3.05) is 0 Å². The van der Waals surface area contributed by atoms with Crippen LogP contribution in [0.15, 0.2) is 30.3 Å². The van der Waals surface area contributed by atoms with Crippen LogP contribution in [0.1, 0.15) is 31.9 Å². The Morgan fingerprint density at radius 3 is 2.36 bits per heavy atom. The summed E-state index contributed by atoms with van der Waals surface area (Å²) in [6.07, 6.45) is 4.17. The highest BCUT2D eigenvalue weighted by molar-refractivity contribution is 5.49. The van der Waals surface area contributed by atoms with E-state index in [1.165, 1.54) is 11.1 Å². The number of allylic oxidation sites excluding steroid dienone is 1. The first kappa shape index (κ1) is 11.0. The lowest BCUT2D eigenvalue weighted by molar-refractivity contribution is 0.589. The zero-order chi connectivity index (χ0) is 10.4. The number of rotatable bonds is 4. The predicted molar refractivity (Wildman–Crippen MR) is 63.1 cm³/mol. The normalized spacial score (nSPS) is 11.4. The third-order valence-electron chi connectivity index (χ3n) is 2.05. The van der Waals surface area contributed by atoms with Gasteiger partial charge in [0.15, 0.2) is 0 Å². The second-order valence-corrected chi connectivity index (χ2v) is 3.78. The number of hydrogen-bond donors (Lipinski definition) is 1. The fourth-order valence-corrected chi connectivity index (χ4v) is 1.26. The zero-order valence-corrected chi connectivity index (χ0v) is 9.25. The molecule has 0 atom stereocenters. The molecule has 76 valence electrons. The molecule has 0 amide bonds. The van der Waals surface area contributed by atoms with Gasteiger partial charge in [-0.2, -0.15) is 0 Å². The lowest BCUT2D eigenvalue weighted by atomic mass is 10.1. The Hall–Kier alpha value is -1.08. The minimum Gasteiger partial charge on any atom is -0.310 e. The first-order valence-corrected chi connectivity index (χ1v) is 5.17. The van der Waals surface area contributed by atoms with Crippen molar-refractivity contribution in [3.8, 4) is 0 Å². The minimum atomic E-state index is 0.546. The van der Waals surface area contributed by atoms with Crippen molar-refractivity contribution in [3.63, 3.8) is 0 Å². The maximum absolute atomic E-state index is 3.40. The fourth-order valence-electron chi connectivity index (χ4n) is 1.26. The summed E-state index contributed by atoms with van der Waals surface area (Å²) in [5.41, 5.74) is 2.60. The van der Waals surface area contributed by atoms with E-state index in [-0.39, 0.29) is 0 Å². The van der Waals surface area contributed by atoms with Crippen LogP contribution in [0.2, 0.25) is 0 Å². The molecule has 0 saturated carbocycles. The molecule has 0 saturated heterocycles. The van der Waals surface area contributed by atoms with Crippen molar-refractivity contribution in [3.05, 3.63) is 41.5 Å². The second kappa shape index (κ2) is 5.61. The summed E-state index contributed by atoms with van der Waals surface area (Å²) in [5.74, 6) is 0. The van der Waals surface area contributed by atoms with Gasteiger partial charge in [0.2, 0.25) is 0 Å². The van der Waals surface area contributed by atoms with Crippen LogP contribution >= 0.6 is 0 Å². The van der Waals surface area contributed by atoms with Gasteiger partial charge in [-0.05, 0) is 18.1 Å². The highest BCUT2D eigenvalue weighted by Gasteiger charge is 1.94. The molecule has 0 aromatic heterocycles. The van der Waals surface area contributed by atoms with E-state index in [4.69, 9.17) is 0 Å². The number of nitrogens with one attached hydrogen (secondary N) is 1. The Balaban J connectivity index is 2.55. The average molecular weight is 189 g/mol. The first-order valence-electron chi connectivity index (χ1n) is 5.17. The van der Waals surface area contributed by atoms with Gasteiger partial charge in [0, 0.05) is 12.6 Å². The highest BCUT2D eigenvalue weighted by atomic mass is 14.9. The molecule has 0 heterocycles. The van der Waals surface area contributed by atoms with E-state index in [2.05, 4.69) is 55.6 Å². The van der Waals surface area contributed by atoms with Crippen molar-refractivity contribution < 1.29 is 0 Å². The van der Waals surface area contributed by atoms with Gasteiger partial charge in [0.05, 0.1) is 0 Å². The largest absolute Gasteiger partial charge is 0.310 e. The molecule has 1 nitrogen and oxygen atoms in total. The maximum Gasteiger partial charge on any atom is 0.0207 e. The molecule has 14 heavy (non-hydrogen) atoms. The van der Waals surface area contributed by atoms with E-state index in [9.17, 15) is 0 Å². The lowest BCUT2D eigenvalue weighted by Crippen LogP contribution is -2.21. The predicted octanol–water partition coefficient (Wildman–Crippen LogP) is 3.22. The molecular weight excluding hydrogens is 170 g/mol. The van der Waals surface area contributed by atoms with Gasteiger partial charge >= 0.3 is 0 Å². The van der Waals surface area contributed by atoms with Gasteiger partial charge in [-0.25, -0.2) is 0 Å². The molecule has 0 aliphatic rings. The van der Waals surface area contributed by atoms with Crippen molar-refractivity contribution in [1.29, 1.82) is 0 Å². The van der Waals surface area contributed by atoms with Crippen molar-refractivity contribution >= 4 is 6.08 Å². The standard InChI is InChI=1S/C13H19N/c1-4-5-12-6-8-13(9-7-12)10-14-11(2)3/h4-9,11,14H,10H2,1-3H3/b5-4+. The summed E-state index contributed by atoms with van der Waals surface area (Å²) in [7, 11) is 0. The van der Waals surface area contributed by atoms with Crippen molar-refractivity contribution in [1.82, 2.24) is 5.32 Å². The van der Waals surface area contributed by atoms with Gasteiger partial charge in [-0.3, -0.25) is 0 Å². The topological polar surface area (TPSA) is 12.0 Å². The molecule has 1 N–H and O–H groups in total. The average Bonchev–Trinajstić information content (AvgIpc) is 2.17. The molecule has 1 aromatic rings. The molecule has 1 aromatic carbocycles. The van der Waals surface area contributed by atoms with E-state index in [0.29, 0.717) is 6.04 Å². The SMILES string of the molecule is C/C=C/c1ccc(CNC(C)C)cc1. The summed E-state index contributed by atoms with van der Waals surface area (Å²) >= 11 is 0. The zero-order valence-electron chi connectivity index (χ0n) is 9.25. The molecule has 0 bridgehead atoms. The summed E-state index contributed by atoms with van der Waals surface area (Å²) in [5, 5.41) is 3.40. The molecule has 1 rings (SSSR count). The van der Waals surface area contributed by atoms with Gasteiger partial charge in [-0.1, -0.05) is 50.3 Å². The molecule has 0 aliphatic heterocycles. The lowest BCUT2D eigenvalue weighted by Gasteiger charge is -2.07. The summed E-state index contributed by atoms with van der Waals surface area (Å²) in [6.45, 7) is 7.31. The van der Waals surface area contributed by atoms with E-state index < -0.39 is 0 Å². The third kappa shape index (κ3) is 3.75. The van der Waals surface area contributed by atoms with E-state index in [1.54, 1.807) is 0 Å². The summed E-state index contributed by atoms with van der Waals surface area (Å²) < 4.78 is 0. The Morgan fingerprint density at radius 1 is 1.21 bits per heavy atom. The van der Waals surface area contributed by atoms with Crippen LogP contribution in [-0.2, 0) is 6.54 Å². The molecule has 0 unspecified atom stereocenters. The van der Waals surface area contributed by atoms with Crippen molar-refractivity contribution in [2.45, 2.75) is 33.4 Å². The quantitative estimate of drug-likeness (QED) is 0.767. The Kier molecular flexibility index (Phi) is 4.41. The smallest absolute Gasteiger partial charge is 0.0207 e. The van der Waals surface area contributed by atoms with Crippen molar-refractivity contribution in [2.24, 2.45) is 0 Å². The molecule has 0 spiro atoms. The monoisotopic (exact) mass is 189 g/mol. The van der Waals surface area contributed by atoms with Crippen LogP contribution in [0.3, 0.4) is 0 Å². The Morgan fingerprint density at radius 2 is 1.86 bits per heavy atom.